The molecule has 0 amide bonds. The summed E-state index contributed by atoms with van der Waals surface area (Å²) in [5.74, 6) is 0.108. The number of aromatic nitrogens is 3. The first-order valence-electron chi connectivity index (χ1n) is 6.98. The second kappa shape index (κ2) is 7.08. The minimum Gasteiger partial charge on any atom is -0.347 e. The summed E-state index contributed by atoms with van der Waals surface area (Å²) in [6.45, 7) is 0. The molecule has 0 fully saturated rings. The van der Waals surface area contributed by atoms with Crippen LogP contribution in [0.25, 0.3) is 0 Å². The normalized spacial score (nSPS) is 10.9. The molecule has 0 aliphatic carbocycles. The summed E-state index contributed by atoms with van der Waals surface area (Å²) < 4.78 is 26.1. The van der Waals surface area contributed by atoms with Crippen molar-refractivity contribution in [2.75, 3.05) is 42.3 Å². The molecule has 1 aromatic heterocycles. The Hall–Kier alpha value is -2.64. The number of hydrogen-bond donors (Lipinski definition) is 0. The molecule has 0 unspecified atom stereocenters. The molecule has 2 rings (SSSR count). The van der Waals surface area contributed by atoms with E-state index in [1.54, 1.807) is 50.3 Å². The van der Waals surface area contributed by atoms with E-state index in [2.05, 4.69) is 15.0 Å². The second-order valence-corrected chi connectivity index (χ2v) is 7.49. The third-order valence-corrected chi connectivity index (χ3v) is 5.11. The monoisotopic (exact) mass is 381 g/mol. The molecule has 0 aliphatic heterocycles. The van der Waals surface area contributed by atoms with Crippen molar-refractivity contribution in [2.45, 2.75) is 4.90 Å². The van der Waals surface area contributed by atoms with Gasteiger partial charge in [0.25, 0.3) is 16.0 Å². The predicted molar refractivity (Wildman–Crippen MR) is 95.2 cm³/mol. The first-order valence-corrected chi connectivity index (χ1v) is 8.80. The molecular formula is C14H16ClN7O2S. The van der Waals surface area contributed by atoms with E-state index in [0.29, 0.717) is 4.31 Å². The van der Waals surface area contributed by atoms with Gasteiger partial charge in [0.05, 0.1) is 5.02 Å². The van der Waals surface area contributed by atoms with Gasteiger partial charge in [-0.05, 0) is 12.1 Å². The number of nitriles is 1. The summed E-state index contributed by atoms with van der Waals surface area (Å²) in [5, 5.41) is 9.45. The molecule has 0 radical (unpaired) electrons. The molecule has 25 heavy (non-hydrogen) atoms. The highest BCUT2D eigenvalue weighted by molar-refractivity contribution is 7.93. The number of nitrogens with zero attached hydrogens (tertiary/aromatic N) is 7. The number of halogens is 1. The number of sulfonamides is 1. The number of anilines is 3. The Kier molecular flexibility index (Phi) is 5.30. The van der Waals surface area contributed by atoms with Gasteiger partial charge in [0.2, 0.25) is 18.1 Å². The van der Waals surface area contributed by atoms with Gasteiger partial charge in [-0.1, -0.05) is 23.7 Å². The standard InChI is InChI=1S/C14H16ClN7O2S/c1-20(2)12-17-13(21(3)4)19-14(18-12)22(9-16)25(23,24)11-8-6-5-7-10(11)15/h5-8H,1-4H3. The Morgan fingerprint density at radius 3 is 1.88 bits per heavy atom. The van der Waals surface area contributed by atoms with Gasteiger partial charge in [0.1, 0.15) is 4.90 Å². The van der Waals surface area contributed by atoms with Crippen LogP contribution in [0.4, 0.5) is 17.8 Å². The quantitative estimate of drug-likeness (QED) is 0.564. The maximum Gasteiger partial charge on any atom is 0.281 e. The minimum absolute atomic E-state index is 0.00234. The second-order valence-electron chi connectivity index (χ2n) is 5.32. The Morgan fingerprint density at radius 2 is 1.44 bits per heavy atom. The lowest BCUT2D eigenvalue weighted by Crippen LogP contribution is -2.30. The van der Waals surface area contributed by atoms with Gasteiger partial charge in [-0.3, -0.25) is 0 Å². The highest BCUT2D eigenvalue weighted by Gasteiger charge is 2.30. The zero-order chi connectivity index (χ0) is 18.8. The van der Waals surface area contributed by atoms with Crippen molar-refractivity contribution in [3.8, 4) is 6.19 Å². The molecule has 1 aromatic carbocycles. The Balaban J connectivity index is 2.66. The topological polar surface area (TPSA) is 106 Å². The number of benzene rings is 1. The molecule has 0 N–H and O–H groups in total. The molecule has 1 heterocycles. The lowest BCUT2D eigenvalue weighted by Gasteiger charge is -2.19. The van der Waals surface area contributed by atoms with Crippen LogP contribution in [0.5, 0.6) is 0 Å². The molecule has 0 atom stereocenters. The molecule has 0 saturated carbocycles. The largest absolute Gasteiger partial charge is 0.347 e. The Labute approximate surface area is 151 Å². The molecular weight excluding hydrogens is 366 g/mol. The molecule has 132 valence electrons. The van der Waals surface area contributed by atoms with Gasteiger partial charge in [-0.2, -0.15) is 28.6 Å². The zero-order valence-electron chi connectivity index (χ0n) is 14.0. The van der Waals surface area contributed by atoms with Gasteiger partial charge >= 0.3 is 0 Å². The SMILES string of the molecule is CN(C)c1nc(N(C)C)nc(N(C#N)S(=O)(=O)c2ccccc2Cl)n1. The van der Waals surface area contributed by atoms with Crippen molar-refractivity contribution in [2.24, 2.45) is 0 Å². The number of rotatable bonds is 5. The van der Waals surface area contributed by atoms with Crippen molar-refractivity contribution in [3.05, 3.63) is 29.3 Å². The van der Waals surface area contributed by atoms with Crippen molar-refractivity contribution in [3.63, 3.8) is 0 Å². The fraction of sp³-hybridized carbons (Fsp3) is 0.286. The van der Waals surface area contributed by atoms with E-state index < -0.39 is 10.0 Å². The lowest BCUT2D eigenvalue weighted by molar-refractivity contribution is 0.595. The van der Waals surface area contributed by atoms with Crippen LogP contribution in [0, 0.1) is 11.5 Å². The zero-order valence-corrected chi connectivity index (χ0v) is 15.6. The first kappa shape index (κ1) is 18.7. The van der Waals surface area contributed by atoms with Crippen molar-refractivity contribution in [1.29, 1.82) is 5.26 Å². The van der Waals surface area contributed by atoms with Crippen molar-refractivity contribution in [1.82, 2.24) is 15.0 Å². The van der Waals surface area contributed by atoms with E-state index in [4.69, 9.17) is 11.6 Å². The van der Waals surface area contributed by atoms with Gasteiger partial charge in [0, 0.05) is 28.2 Å². The number of hydrogen-bond acceptors (Lipinski definition) is 8. The molecule has 9 nitrogen and oxygen atoms in total. The third kappa shape index (κ3) is 3.72. The van der Waals surface area contributed by atoms with E-state index in [-0.39, 0.29) is 27.8 Å². The average Bonchev–Trinajstić information content (AvgIpc) is 2.55. The van der Waals surface area contributed by atoms with Crippen LogP contribution < -0.4 is 14.1 Å². The summed E-state index contributed by atoms with van der Waals surface area (Å²) >= 11 is 5.98. The van der Waals surface area contributed by atoms with E-state index in [1.165, 1.54) is 18.2 Å². The van der Waals surface area contributed by atoms with Crippen LogP contribution in [0.15, 0.2) is 29.2 Å². The van der Waals surface area contributed by atoms with E-state index in [1.807, 2.05) is 0 Å². The van der Waals surface area contributed by atoms with Crippen molar-refractivity contribution >= 4 is 39.5 Å². The molecule has 2 aromatic rings. The van der Waals surface area contributed by atoms with Gasteiger partial charge in [0.15, 0.2) is 0 Å². The van der Waals surface area contributed by atoms with Crippen molar-refractivity contribution < 1.29 is 8.42 Å². The molecule has 0 saturated heterocycles. The molecule has 11 heteroatoms. The van der Waals surface area contributed by atoms with Crippen LogP contribution in [0.1, 0.15) is 0 Å². The highest BCUT2D eigenvalue weighted by Crippen LogP contribution is 2.27. The first-order chi connectivity index (χ1) is 11.7. The van der Waals surface area contributed by atoms with Crippen LogP contribution in [0.2, 0.25) is 5.02 Å². The maximum absolute atomic E-state index is 12.8. The smallest absolute Gasteiger partial charge is 0.281 e. The summed E-state index contributed by atoms with van der Waals surface area (Å²) in [7, 11) is 2.50. The highest BCUT2D eigenvalue weighted by atomic mass is 35.5. The fourth-order valence-electron chi connectivity index (χ4n) is 1.79. The molecule has 0 spiro atoms. The van der Waals surface area contributed by atoms with E-state index in [0.717, 1.165) is 0 Å². The summed E-state index contributed by atoms with van der Waals surface area (Å²) in [6.07, 6.45) is 1.61. The fourth-order valence-corrected chi connectivity index (χ4v) is 3.39. The lowest BCUT2D eigenvalue weighted by atomic mass is 10.4. The van der Waals surface area contributed by atoms with E-state index >= 15 is 0 Å². The summed E-state index contributed by atoms with van der Waals surface area (Å²) in [5.41, 5.74) is 0. The van der Waals surface area contributed by atoms with Gasteiger partial charge in [-0.15, -0.1) is 4.31 Å². The Bertz CT molecular complexity index is 899. The maximum atomic E-state index is 12.8. The average molecular weight is 382 g/mol. The van der Waals surface area contributed by atoms with Gasteiger partial charge < -0.3 is 9.80 Å². The molecule has 0 bridgehead atoms. The van der Waals surface area contributed by atoms with Crippen LogP contribution in [0.3, 0.4) is 0 Å². The minimum atomic E-state index is -4.27. The van der Waals surface area contributed by atoms with Gasteiger partial charge in [-0.25, -0.2) is 0 Å². The third-order valence-electron chi connectivity index (χ3n) is 3.03. The molecule has 0 aliphatic rings. The van der Waals surface area contributed by atoms with Crippen LogP contribution in [-0.2, 0) is 10.0 Å². The summed E-state index contributed by atoms with van der Waals surface area (Å²) in [6, 6.07) is 5.84. The summed E-state index contributed by atoms with van der Waals surface area (Å²) in [4.78, 5) is 15.3. The van der Waals surface area contributed by atoms with Crippen LogP contribution >= 0.6 is 11.6 Å². The Morgan fingerprint density at radius 1 is 0.960 bits per heavy atom. The van der Waals surface area contributed by atoms with Crippen LogP contribution in [-0.4, -0.2) is 51.6 Å². The predicted octanol–water partition coefficient (Wildman–Crippen LogP) is 1.33. The van der Waals surface area contributed by atoms with E-state index in [9.17, 15) is 13.7 Å².